The van der Waals surface area contributed by atoms with Gasteiger partial charge in [-0.25, -0.2) is 4.57 Å². The quantitative estimate of drug-likeness (QED) is 0.180. The van der Waals surface area contributed by atoms with Crippen molar-refractivity contribution >= 4 is 32.3 Å². The molecule has 0 N–H and O–H groups in total. The molecule has 3 nitrogen and oxygen atoms in total. The van der Waals surface area contributed by atoms with Crippen LogP contribution in [0.4, 0.5) is 0 Å². The summed E-state index contributed by atoms with van der Waals surface area (Å²) < 4.78 is 9.26. The van der Waals surface area contributed by atoms with Crippen molar-refractivity contribution in [3.05, 3.63) is 71.7 Å². The van der Waals surface area contributed by atoms with E-state index in [9.17, 15) is 0 Å². The maximum Gasteiger partial charge on any atom is 0.228 e. The second kappa shape index (κ2) is 8.02. The Morgan fingerprint density at radius 3 is 2.24 bits per heavy atom. The van der Waals surface area contributed by atoms with E-state index in [-0.39, 0.29) is 10.8 Å². The fourth-order valence-electron chi connectivity index (χ4n) is 6.23. The monoisotopic (exact) mass is 489 g/mol. The van der Waals surface area contributed by atoms with Gasteiger partial charge < -0.3 is 4.74 Å². The fraction of sp³-hybridized carbons (Fsp3) is 0.353. The predicted molar refractivity (Wildman–Crippen MR) is 154 cm³/mol. The molecule has 0 atom stereocenters. The summed E-state index contributed by atoms with van der Waals surface area (Å²) in [4.78, 5) is 4.64. The molecule has 3 heterocycles. The van der Waals surface area contributed by atoms with E-state index in [0.717, 1.165) is 29.7 Å². The Bertz CT molecular complexity index is 1730. The van der Waals surface area contributed by atoms with Crippen LogP contribution in [0.25, 0.3) is 43.6 Å². The molecule has 2 aromatic heterocycles. The normalized spacial score (nSPS) is 13.3. The van der Waals surface area contributed by atoms with Crippen LogP contribution in [0.3, 0.4) is 0 Å². The highest BCUT2D eigenvalue weighted by Gasteiger charge is 2.34. The van der Waals surface area contributed by atoms with E-state index in [1.165, 1.54) is 54.9 Å². The predicted octanol–water partition coefficient (Wildman–Crippen LogP) is 8.62. The van der Waals surface area contributed by atoms with Crippen molar-refractivity contribution in [3.8, 4) is 22.8 Å². The van der Waals surface area contributed by atoms with E-state index in [1.54, 1.807) is 0 Å². The third-order valence-corrected chi connectivity index (χ3v) is 7.59. The Balaban J connectivity index is 1.77. The average molecular weight is 490 g/mol. The van der Waals surface area contributed by atoms with Crippen LogP contribution in [-0.4, -0.2) is 4.98 Å². The van der Waals surface area contributed by atoms with Crippen LogP contribution in [0, 0.1) is 17.8 Å². The number of ether oxygens (including phenoxy) is 1. The van der Waals surface area contributed by atoms with Crippen molar-refractivity contribution in [2.24, 2.45) is 17.9 Å². The molecular weight excluding hydrogens is 452 g/mol. The zero-order chi connectivity index (χ0) is 26.3. The Hall–Kier alpha value is -3.46. The SMILES string of the molecule is Cc1c2c(c(CC(C)(C)C)c3ccccc13)Oc1cc3cncc(CC(C)(C)C)c3c3cc[n+](C)c-2c13. The molecule has 0 radical (unpaired) electrons. The molecule has 0 bridgehead atoms. The molecule has 0 unspecified atom stereocenters. The lowest BCUT2D eigenvalue weighted by atomic mass is 9.81. The minimum Gasteiger partial charge on any atom is -0.455 e. The van der Waals surface area contributed by atoms with E-state index >= 15 is 0 Å². The van der Waals surface area contributed by atoms with E-state index < -0.39 is 0 Å². The highest BCUT2D eigenvalue weighted by atomic mass is 16.5. The highest BCUT2D eigenvalue weighted by Crippen LogP contribution is 2.53. The fourth-order valence-corrected chi connectivity index (χ4v) is 6.23. The number of aryl methyl sites for hydroxylation is 2. The first kappa shape index (κ1) is 23.9. The molecule has 0 fully saturated rings. The zero-order valence-electron chi connectivity index (χ0n) is 23.4. The lowest BCUT2D eigenvalue weighted by Crippen LogP contribution is -2.32. The number of fused-ring (bicyclic) bond motifs is 5. The van der Waals surface area contributed by atoms with Crippen LogP contribution < -0.4 is 9.30 Å². The van der Waals surface area contributed by atoms with Crippen LogP contribution in [0.15, 0.2) is 55.0 Å². The largest absolute Gasteiger partial charge is 0.455 e. The third-order valence-electron chi connectivity index (χ3n) is 7.59. The molecule has 0 saturated carbocycles. The van der Waals surface area contributed by atoms with Gasteiger partial charge in [0.25, 0.3) is 0 Å². The van der Waals surface area contributed by atoms with Gasteiger partial charge in [0, 0.05) is 34.8 Å². The Morgan fingerprint density at radius 2 is 1.54 bits per heavy atom. The van der Waals surface area contributed by atoms with Crippen LogP contribution in [-0.2, 0) is 19.9 Å². The van der Waals surface area contributed by atoms with Crippen molar-refractivity contribution in [1.82, 2.24) is 4.98 Å². The molecule has 1 aliphatic heterocycles. The van der Waals surface area contributed by atoms with Crippen molar-refractivity contribution in [1.29, 1.82) is 0 Å². The number of hydrogen-bond donors (Lipinski definition) is 0. The third kappa shape index (κ3) is 3.87. The molecule has 188 valence electrons. The first-order valence-electron chi connectivity index (χ1n) is 13.4. The molecular formula is C34H37N2O+. The second-order valence-corrected chi connectivity index (χ2v) is 13.3. The topological polar surface area (TPSA) is 26.0 Å². The summed E-state index contributed by atoms with van der Waals surface area (Å²) in [6.45, 7) is 16.1. The summed E-state index contributed by atoms with van der Waals surface area (Å²) in [6, 6.07) is 13.3. The van der Waals surface area contributed by atoms with Gasteiger partial charge >= 0.3 is 0 Å². The van der Waals surface area contributed by atoms with E-state index in [2.05, 4.69) is 114 Å². The van der Waals surface area contributed by atoms with Gasteiger partial charge in [0.15, 0.2) is 6.20 Å². The molecule has 3 heteroatoms. The van der Waals surface area contributed by atoms with Crippen LogP contribution in [0.2, 0.25) is 0 Å². The van der Waals surface area contributed by atoms with Gasteiger partial charge in [0.05, 0.1) is 10.9 Å². The number of benzene rings is 3. The Kier molecular flexibility index (Phi) is 5.18. The van der Waals surface area contributed by atoms with Gasteiger partial charge in [-0.15, -0.1) is 0 Å². The minimum atomic E-state index is 0.124. The minimum absolute atomic E-state index is 0.124. The molecule has 1 aliphatic rings. The van der Waals surface area contributed by atoms with Crippen molar-refractivity contribution < 1.29 is 9.30 Å². The first-order valence-corrected chi connectivity index (χ1v) is 13.4. The van der Waals surface area contributed by atoms with E-state index in [4.69, 9.17) is 4.74 Å². The number of aromatic nitrogens is 2. The smallest absolute Gasteiger partial charge is 0.228 e. The van der Waals surface area contributed by atoms with Gasteiger partial charge in [0.2, 0.25) is 5.69 Å². The summed E-state index contributed by atoms with van der Waals surface area (Å²) in [6.07, 6.45) is 8.18. The zero-order valence-corrected chi connectivity index (χ0v) is 23.4. The number of rotatable bonds is 2. The molecule has 37 heavy (non-hydrogen) atoms. The van der Waals surface area contributed by atoms with Crippen LogP contribution in [0.5, 0.6) is 11.5 Å². The summed E-state index contributed by atoms with van der Waals surface area (Å²) in [5, 5.41) is 7.49. The second-order valence-electron chi connectivity index (χ2n) is 13.3. The van der Waals surface area contributed by atoms with Gasteiger partial charge in [-0.3, -0.25) is 4.98 Å². The summed E-state index contributed by atoms with van der Waals surface area (Å²) in [7, 11) is 2.17. The van der Waals surface area contributed by atoms with Gasteiger partial charge in [-0.1, -0.05) is 65.8 Å². The highest BCUT2D eigenvalue weighted by molar-refractivity contribution is 6.17. The molecule has 5 aromatic rings. The molecule has 0 spiro atoms. The van der Waals surface area contributed by atoms with Gasteiger partial charge in [0.1, 0.15) is 18.5 Å². The number of pyridine rings is 2. The number of hydrogen-bond acceptors (Lipinski definition) is 2. The standard InChI is InChI=1S/C34H37N2O/c1-20-23-11-9-10-12-24(23)26(17-34(5,6)7)32-28(20)31-30-25(13-14-36(31)8)29-21(15-27(30)37-32)18-35-19-22(29)16-33(2,3)4/h9-15,18-19H,16-17H2,1-8H3/q+1. The lowest BCUT2D eigenvalue weighted by molar-refractivity contribution is -0.659. The van der Waals surface area contributed by atoms with Crippen molar-refractivity contribution in [3.63, 3.8) is 0 Å². The maximum absolute atomic E-state index is 6.98. The molecule has 0 amide bonds. The molecule has 0 saturated heterocycles. The summed E-state index contributed by atoms with van der Waals surface area (Å²) in [5.41, 5.74) is 6.63. The van der Waals surface area contributed by atoms with Gasteiger partial charge in [-0.05, 0) is 63.9 Å². The average Bonchev–Trinajstić information content (AvgIpc) is 2.81. The Labute approximate surface area is 220 Å². The van der Waals surface area contributed by atoms with Crippen molar-refractivity contribution in [2.75, 3.05) is 0 Å². The molecule has 0 aliphatic carbocycles. The van der Waals surface area contributed by atoms with Crippen LogP contribution in [0.1, 0.15) is 58.2 Å². The summed E-state index contributed by atoms with van der Waals surface area (Å²) >= 11 is 0. The Morgan fingerprint density at radius 1 is 0.838 bits per heavy atom. The van der Waals surface area contributed by atoms with Gasteiger partial charge in [-0.2, -0.15) is 0 Å². The summed E-state index contributed by atoms with van der Waals surface area (Å²) in [5.74, 6) is 1.95. The molecule has 3 aromatic carbocycles. The maximum atomic E-state index is 6.98. The first-order chi connectivity index (χ1) is 17.4. The van der Waals surface area contributed by atoms with E-state index in [0.29, 0.717) is 0 Å². The van der Waals surface area contributed by atoms with Crippen LogP contribution >= 0.6 is 0 Å². The number of nitrogens with zero attached hydrogens (tertiary/aromatic N) is 2. The lowest BCUT2D eigenvalue weighted by Gasteiger charge is -2.28. The molecule has 6 rings (SSSR count). The van der Waals surface area contributed by atoms with E-state index in [1.807, 2.05) is 6.20 Å². The van der Waals surface area contributed by atoms with Crippen molar-refractivity contribution in [2.45, 2.75) is 61.3 Å².